The van der Waals surface area contributed by atoms with Crippen molar-refractivity contribution in [3.63, 3.8) is 0 Å². The molecule has 0 amide bonds. The molecular formula is C36H28NO6+. The molecule has 7 heteroatoms. The molecule has 0 N–H and O–H groups in total. The number of pyridine rings is 1. The van der Waals surface area contributed by atoms with Crippen molar-refractivity contribution in [2.75, 3.05) is 21.0 Å². The summed E-state index contributed by atoms with van der Waals surface area (Å²) in [7, 11) is 3.34. The van der Waals surface area contributed by atoms with E-state index in [9.17, 15) is 4.79 Å². The third-order valence-electron chi connectivity index (χ3n) is 8.48. The molecule has 43 heavy (non-hydrogen) atoms. The molecule has 0 spiro atoms. The molecule has 0 unspecified atom stereocenters. The fourth-order valence-electron chi connectivity index (χ4n) is 6.41. The lowest BCUT2D eigenvalue weighted by Gasteiger charge is -2.21. The smallest absolute Gasteiger partial charge is 0.231 e. The number of carbonyl (C=O) groups is 1. The largest absolute Gasteiger partial charge is 0.493 e. The average molecular weight is 571 g/mol. The number of aryl methyl sites for hydroxylation is 2. The van der Waals surface area contributed by atoms with Gasteiger partial charge in [-0.1, -0.05) is 36.4 Å². The van der Waals surface area contributed by atoms with Gasteiger partial charge < -0.3 is 23.7 Å². The Morgan fingerprint density at radius 2 is 1.67 bits per heavy atom. The van der Waals surface area contributed by atoms with E-state index < -0.39 is 0 Å². The van der Waals surface area contributed by atoms with E-state index in [-0.39, 0.29) is 12.6 Å². The van der Waals surface area contributed by atoms with Gasteiger partial charge in [0.1, 0.15) is 5.75 Å². The van der Waals surface area contributed by atoms with E-state index in [1.54, 1.807) is 26.4 Å². The second-order valence-corrected chi connectivity index (χ2v) is 10.9. The van der Waals surface area contributed by atoms with Gasteiger partial charge in [0.2, 0.25) is 18.3 Å². The highest BCUT2D eigenvalue weighted by atomic mass is 16.7. The first kappa shape index (κ1) is 25.4. The molecule has 5 aromatic rings. The van der Waals surface area contributed by atoms with Crippen molar-refractivity contribution in [3.8, 4) is 40.0 Å². The number of nitrogens with zero attached hydrogens (tertiary/aromatic N) is 1. The maximum absolute atomic E-state index is 12.8. The molecule has 0 aliphatic carbocycles. The maximum Gasteiger partial charge on any atom is 0.231 e. The van der Waals surface area contributed by atoms with Crippen LogP contribution in [0.4, 0.5) is 0 Å². The van der Waals surface area contributed by atoms with Crippen LogP contribution in [-0.2, 0) is 19.4 Å². The van der Waals surface area contributed by atoms with E-state index in [2.05, 4.69) is 41.1 Å². The minimum atomic E-state index is -0.0945. The van der Waals surface area contributed by atoms with Crippen molar-refractivity contribution < 1.29 is 33.0 Å². The number of Topliss-reactive ketones (excluding diaryl/α,β-unsaturated/α-hetero) is 1. The molecule has 4 aromatic carbocycles. The van der Waals surface area contributed by atoms with Gasteiger partial charge in [-0.2, -0.15) is 4.57 Å². The summed E-state index contributed by atoms with van der Waals surface area (Å²) in [5.41, 5.74) is 7.39. The Hall–Kier alpha value is -5.30. The van der Waals surface area contributed by atoms with Crippen molar-refractivity contribution in [1.29, 1.82) is 0 Å². The van der Waals surface area contributed by atoms with Crippen molar-refractivity contribution in [3.05, 3.63) is 113 Å². The number of allylic oxidation sites excluding steroid dienone is 1. The van der Waals surface area contributed by atoms with Crippen LogP contribution in [0.25, 0.3) is 28.1 Å². The summed E-state index contributed by atoms with van der Waals surface area (Å²) in [6.45, 7) is 1.07. The van der Waals surface area contributed by atoms with Gasteiger partial charge in [0.15, 0.2) is 41.5 Å². The van der Waals surface area contributed by atoms with Gasteiger partial charge in [-0.25, -0.2) is 0 Å². The molecule has 0 fully saturated rings. The van der Waals surface area contributed by atoms with Gasteiger partial charge in [0, 0.05) is 23.8 Å². The Balaban J connectivity index is 1.23. The van der Waals surface area contributed by atoms with E-state index in [0.29, 0.717) is 29.2 Å². The lowest BCUT2D eigenvalue weighted by Crippen LogP contribution is -2.41. The zero-order valence-corrected chi connectivity index (χ0v) is 23.8. The van der Waals surface area contributed by atoms with Gasteiger partial charge in [0.25, 0.3) is 0 Å². The minimum Gasteiger partial charge on any atom is -0.493 e. The first-order chi connectivity index (χ1) is 21.1. The molecule has 0 bridgehead atoms. The number of hydrogen-bond donors (Lipinski definition) is 0. The third kappa shape index (κ3) is 4.11. The number of ketones is 1. The Morgan fingerprint density at radius 1 is 0.860 bits per heavy atom. The topological polar surface area (TPSA) is 67.1 Å². The van der Waals surface area contributed by atoms with Gasteiger partial charge in [0.05, 0.1) is 30.7 Å². The summed E-state index contributed by atoms with van der Waals surface area (Å²) in [6, 6.07) is 23.9. The van der Waals surface area contributed by atoms with Crippen molar-refractivity contribution in [2.45, 2.75) is 19.4 Å². The van der Waals surface area contributed by atoms with Crippen molar-refractivity contribution in [1.82, 2.24) is 0 Å². The molecule has 4 heterocycles. The van der Waals surface area contributed by atoms with Gasteiger partial charge in [-0.3, -0.25) is 4.79 Å². The molecule has 0 radical (unpaired) electrons. The van der Waals surface area contributed by atoms with Crippen LogP contribution in [0.2, 0.25) is 0 Å². The molecule has 7 nitrogen and oxygen atoms in total. The summed E-state index contributed by atoms with van der Waals surface area (Å²) in [5.74, 6) is 3.84. The van der Waals surface area contributed by atoms with Crippen LogP contribution in [0.3, 0.4) is 0 Å². The summed E-state index contributed by atoms with van der Waals surface area (Å²) in [5, 5.41) is 2.10. The second-order valence-electron chi connectivity index (χ2n) is 10.9. The Kier molecular flexibility index (Phi) is 5.86. The van der Waals surface area contributed by atoms with Crippen molar-refractivity contribution in [2.24, 2.45) is 0 Å². The number of aromatic nitrogens is 1. The van der Waals surface area contributed by atoms with Crippen LogP contribution in [0.5, 0.6) is 28.7 Å². The van der Waals surface area contributed by atoms with E-state index in [1.807, 2.05) is 36.4 Å². The highest BCUT2D eigenvalue weighted by Gasteiger charge is 2.32. The molecular weight excluding hydrogens is 542 g/mol. The first-order valence-corrected chi connectivity index (χ1v) is 14.3. The van der Waals surface area contributed by atoms with E-state index in [0.717, 1.165) is 63.4 Å². The van der Waals surface area contributed by atoms with Crippen LogP contribution in [-0.4, -0.2) is 26.8 Å². The number of methoxy groups -OCH3 is 2. The van der Waals surface area contributed by atoms with Crippen LogP contribution in [0, 0.1) is 0 Å². The molecule has 0 atom stereocenters. The minimum absolute atomic E-state index is 0.0945. The normalized spacial score (nSPS) is 15.2. The average Bonchev–Trinajstić information content (AvgIpc) is 3.63. The highest BCUT2D eigenvalue weighted by molar-refractivity contribution is 6.14. The fraction of sp³-hybridized carbons (Fsp3) is 0.167. The van der Waals surface area contributed by atoms with Crippen molar-refractivity contribution >= 4 is 22.6 Å². The first-order valence-electron chi connectivity index (χ1n) is 14.3. The quantitative estimate of drug-likeness (QED) is 0.182. The summed E-state index contributed by atoms with van der Waals surface area (Å²) in [4.78, 5) is 12.8. The lowest BCUT2D eigenvalue weighted by atomic mass is 9.88. The number of ether oxygens (including phenoxy) is 5. The summed E-state index contributed by atoms with van der Waals surface area (Å²) < 4.78 is 31.1. The van der Waals surface area contributed by atoms with Gasteiger partial charge >= 0.3 is 0 Å². The maximum atomic E-state index is 12.8. The lowest BCUT2D eigenvalue weighted by molar-refractivity contribution is -0.686. The molecule has 0 saturated heterocycles. The Morgan fingerprint density at radius 3 is 2.47 bits per heavy atom. The molecule has 0 saturated carbocycles. The Labute approximate surface area is 248 Å². The Bertz CT molecular complexity index is 1990. The zero-order valence-electron chi connectivity index (χ0n) is 23.8. The fourth-order valence-corrected chi connectivity index (χ4v) is 6.41. The number of fused-ring (bicyclic) bond motifs is 6. The van der Waals surface area contributed by atoms with Gasteiger partial charge in [-0.05, 0) is 59.2 Å². The van der Waals surface area contributed by atoms with Crippen LogP contribution in [0.15, 0.2) is 84.8 Å². The van der Waals surface area contributed by atoms with E-state index in [1.165, 1.54) is 11.1 Å². The van der Waals surface area contributed by atoms with Crippen LogP contribution >= 0.6 is 0 Å². The highest BCUT2D eigenvalue weighted by Crippen LogP contribution is 2.44. The number of hydrogen-bond acceptors (Lipinski definition) is 6. The third-order valence-corrected chi connectivity index (χ3v) is 8.48. The van der Waals surface area contributed by atoms with Crippen LogP contribution < -0.4 is 28.3 Å². The second kappa shape index (κ2) is 9.91. The molecule has 8 rings (SSSR count). The van der Waals surface area contributed by atoms with E-state index >= 15 is 0 Å². The molecule has 212 valence electrons. The SMILES string of the molecule is COc1ccc2c(Cc3ccc(/C=C4\Oc5ccccc5C4=O)cc3)c3[n+](cc2c1OC)CCc1cc2c(cc1-3)OCO2. The predicted molar refractivity (Wildman–Crippen MR) is 161 cm³/mol. The van der Waals surface area contributed by atoms with Gasteiger partial charge in [-0.15, -0.1) is 0 Å². The monoisotopic (exact) mass is 570 g/mol. The number of rotatable bonds is 5. The van der Waals surface area contributed by atoms with E-state index in [4.69, 9.17) is 23.7 Å². The number of benzene rings is 4. The zero-order chi connectivity index (χ0) is 29.1. The standard InChI is InChI=1S/C36H28NO6/c1-39-30-12-11-24-27(15-21-7-9-22(10-8-21)16-33-35(38)25-5-3-4-6-29(25)43-33)34-26-18-32-31(41-20-42-32)17-23(26)13-14-37(34)19-28(24)36(30)40-2/h3-12,16-19H,13-15,20H2,1-2H3/q+1/b33-16-. The molecule has 3 aliphatic heterocycles. The predicted octanol–water partition coefficient (Wildman–Crippen LogP) is 6.30. The molecule has 3 aliphatic rings. The number of para-hydroxylation sites is 1. The summed E-state index contributed by atoms with van der Waals surface area (Å²) in [6.07, 6.45) is 5.55. The number of carbonyl (C=O) groups excluding carboxylic acids is 1. The van der Waals surface area contributed by atoms with Crippen LogP contribution in [0.1, 0.15) is 32.6 Å². The summed E-state index contributed by atoms with van der Waals surface area (Å²) >= 11 is 0. The molecule has 1 aromatic heterocycles.